The zero-order chi connectivity index (χ0) is 30.7. The van der Waals surface area contributed by atoms with Crippen molar-refractivity contribution in [3.63, 3.8) is 0 Å². The van der Waals surface area contributed by atoms with E-state index in [1.807, 2.05) is 0 Å². The highest BCUT2D eigenvalue weighted by Gasteiger charge is 2.38. The van der Waals surface area contributed by atoms with Crippen molar-refractivity contribution >= 4 is 22.2 Å². The summed E-state index contributed by atoms with van der Waals surface area (Å²) in [6.07, 6.45) is -1.68. The summed E-state index contributed by atoms with van der Waals surface area (Å²) in [4.78, 5) is 7.82. The Bertz CT molecular complexity index is 1530. The van der Waals surface area contributed by atoms with E-state index in [-0.39, 0.29) is 35.6 Å². The highest BCUT2D eigenvalue weighted by atomic mass is 32.2. The minimum atomic E-state index is -4.75. The van der Waals surface area contributed by atoms with Gasteiger partial charge in [-0.15, -0.1) is 0 Å². The maximum atomic E-state index is 14.2. The quantitative estimate of drug-likeness (QED) is 0.228. The number of benzene rings is 3. The van der Waals surface area contributed by atoms with Gasteiger partial charge in [-0.05, 0) is 65.9 Å². The van der Waals surface area contributed by atoms with Crippen LogP contribution in [0.3, 0.4) is 0 Å². The van der Waals surface area contributed by atoms with E-state index in [2.05, 4.69) is 4.74 Å². The van der Waals surface area contributed by atoms with Crippen LogP contribution in [0.1, 0.15) is 31.2 Å². The smallest absolute Gasteiger partial charge is 0.416 e. The first-order valence-corrected chi connectivity index (χ1v) is 14.1. The van der Waals surface area contributed by atoms with Gasteiger partial charge in [0.2, 0.25) is 0 Å². The number of alkyl halides is 5. The van der Waals surface area contributed by atoms with Crippen LogP contribution >= 0.6 is 0 Å². The summed E-state index contributed by atoms with van der Waals surface area (Å²) in [5, 5.41) is 6.89. The van der Waals surface area contributed by atoms with Gasteiger partial charge in [-0.2, -0.15) is 22.0 Å². The monoisotopic (exact) mass is 617 g/mol. The number of ether oxygens (including phenoxy) is 2. The molecule has 0 aromatic heterocycles. The second-order valence-corrected chi connectivity index (χ2v) is 11.5. The van der Waals surface area contributed by atoms with E-state index in [1.54, 1.807) is 0 Å². The Balaban J connectivity index is 0.00000129. The maximum Gasteiger partial charge on any atom is 0.416 e. The minimum Gasteiger partial charge on any atom is -0.486 e. The first-order chi connectivity index (χ1) is 19.8. The van der Waals surface area contributed by atoms with Crippen molar-refractivity contribution in [3.8, 4) is 22.6 Å². The highest BCUT2D eigenvalue weighted by Crippen LogP contribution is 2.43. The molecule has 0 saturated heterocycles. The van der Waals surface area contributed by atoms with Gasteiger partial charge in [0.1, 0.15) is 23.4 Å². The molecule has 1 atom stereocenters. The van der Waals surface area contributed by atoms with Gasteiger partial charge in [0.25, 0.3) is 16.5 Å². The van der Waals surface area contributed by atoms with Crippen molar-refractivity contribution in [1.82, 2.24) is 0 Å². The van der Waals surface area contributed by atoms with Gasteiger partial charge in [-0.3, -0.25) is 9.10 Å². The molecule has 42 heavy (non-hydrogen) atoms. The van der Waals surface area contributed by atoms with Crippen LogP contribution in [0.25, 0.3) is 11.1 Å². The molecule has 0 bridgehead atoms. The van der Waals surface area contributed by atoms with Crippen LogP contribution in [0.15, 0.2) is 65.6 Å². The summed E-state index contributed by atoms with van der Waals surface area (Å²) in [7, 11) is -4.49. The molecular formula is C28H25F6NO6S. The lowest BCUT2D eigenvalue weighted by Gasteiger charge is -2.38. The number of sulfonamides is 1. The molecule has 0 spiro atoms. The molecular weight excluding hydrogens is 592 g/mol. The summed E-state index contributed by atoms with van der Waals surface area (Å²) in [6, 6.07) is 10.9. The van der Waals surface area contributed by atoms with E-state index < -0.39 is 50.9 Å². The summed E-state index contributed by atoms with van der Waals surface area (Å²) in [6.45, 7) is -3.58. The van der Waals surface area contributed by atoms with E-state index in [0.29, 0.717) is 18.4 Å². The first-order valence-electron chi connectivity index (χ1n) is 12.7. The SMILES string of the molecule is O=CO.O=S(=O)(c1cccc(C(F)(F)F)c1)N1CC(CC2CCC2)Oc2ccc(-c3cc(F)cc(OC(F)F)c3)cc21. The second-order valence-electron chi connectivity index (χ2n) is 9.68. The van der Waals surface area contributed by atoms with Crippen molar-refractivity contribution in [2.75, 3.05) is 10.8 Å². The van der Waals surface area contributed by atoms with Crippen LogP contribution in [0.4, 0.5) is 32.0 Å². The van der Waals surface area contributed by atoms with E-state index in [0.717, 1.165) is 53.9 Å². The Hall–Kier alpha value is -3.94. The topological polar surface area (TPSA) is 93.1 Å². The normalized spacial score (nSPS) is 16.9. The fourth-order valence-electron chi connectivity index (χ4n) is 4.80. The predicted molar refractivity (Wildman–Crippen MR) is 140 cm³/mol. The number of anilines is 1. The van der Waals surface area contributed by atoms with Gasteiger partial charge < -0.3 is 14.6 Å². The Morgan fingerprint density at radius 2 is 1.76 bits per heavy atom. The second kappa shape index (κ2) is 12.5. The molecule has 1 N–H and O–H groups in total. The third-order valence-electron chi connectivity index (χ3n) is 6.89. The summed E-state index contributed by atoms with van der Waals surface area (Å²) in [5.74, 6) is -0.742. The molecule has 7 nitrogen and oxygen atoms in total. The molecule has 1 aliphatic carbocycles. The molecule has 1 fully saturated rings. The number of halogens is 6. The lowest BCUT2D eigenvalue weighted by molar-refractivity contribution is -0.137. The van der Waals surface area contributed by atoms with Gasteiger partial charge in [0, 0.05) is 6.07 Å². The maximum absolute atomic E-state index is 14.2. The molecule has 1 aliphatic heterocycles. The number of nitrogens with zero attached hydrogens (tertiary/aromatic N) is 1. The molecule has 1 saturated carbocycles. The molecule has 0 radical (unpaired) electrons. The molecule has 1 heterocycles. The van der Waals surface area contributed by atoms with Crippen molar-refractivity contribution in [1.29, 1.82) is 0 Å². The van der Waals surface area contributed by atoms with E-state index in [9.17, 15) is 34.8 Å². The highest BCUT2D eigenvalue weighted by molar-refractivity contribution is 7.92. The van der Waals surface area contributed by atoms with Crippen molar-refractivity contribution in [3.05, 3.63) is 72.0 Å². The van der Waals surface area contributed by atoms with Crippen LogP contribution in [0.5, 0.6) is 11.5 Å². The average Bonchev–Trinajstić information content (AvgIpc) is 2.89. The van der Waals surface area contributed by atoms with Gasteiger partial charge in [0.15, 0.2) is 0 Å². The zero-order valence-electron chi connectivity index (χ0n) is 21.7. The fourth-order valence-corrected chi connectivity index (χ4v) is 6.35. The Morgan fingerprint density at radius 1 is 1.05 bits per heavy atom. The molecule has 226 valence electrons. The van der Waals surface area contributed by atoms with Crippen molar-refractivity contribution < 1.29 is 54.1 Å². The van der Waals surface area contributed by atoms with Gasteiger partial charge in [-0.1, -0.05) is 31.4 Å². The van der Waals surface area contributed by atoms with Crippen molar-refractivity contribution in [2.45, 2.75) is 49.5 Å². The predicted octanol–water partition coefficient (Wildman–Crippen LogP) is 6.96. The van der Waals surface area contributed by atoms with Crippen LogP contribution in [-0.2, 0) is 21.0 Å². The first kappa shape index (κ1) is 31.0. The summed E-state index contributed by atoms with van der Waals surface area (Å²) in [5.41, 5.74) is -0.683. The third-order valence-corrected chi connectivity index (χ3v) is 8.67. The van der Waals surface area contributed by atoms with Crippen LogP contribution < -0.4 is 13.8 Å². The molecule has 3 aromatic rings. The molecule has 2 aliphatic rings. The number of rotatable bonds is 7. The van der Waals surface area contributed by atoms with E-state index in [4.69, 9.17) is 14.6 Å². The lowest BCUT2D eigenvalue weighted by atomic mass is 9.81. The number of hydrogen-bond acceptors (Lipinski definition) is 5. The lowest BCUT2D eigenvalue weighted by Crippen LogP contribution is -2.44. The van der Waals surface area contributed by atoms with Gasteiger partial charge in [0.05, 0.1) is 22.7 Å². The van der Waals surface area contributed by atoms with Crippen molar-refractivity contribution in [2.24, 2.45) is 5.92 Å². The number of fused-ring (bicyclic) bond motifs is 1. The molecule has 1 unspecified atom stereocenters. The third kappa shape index (κ3) is 7.09. The zero-order valence-corrected chi connectivity index (χ0v) is 22.5. The summed E-state index contributed by atoms with van der Waals surface area (Å²) >= 11 is 0. The minimum absolute atomic E-state index is 0.0374. The van der Waals surface area contributed by atoms with Gasteiger partial charge in [-0.25, -0.2) is 12.8 Å². The summed E-state index contributed by atoms with van der Waals surface area (Å²) < 4.78 is 119. The molecule has 0 amide bonds. The molecule has 14 heteroatoms. The molecule has 5 rings (SSSR count). The number of hydrogen-bond donors (Lipinski definition) is 1. The average molecular weight is 618 g/mol. The fraction of sp³-hybridized carbons (Fsp3) is 0.321. The number of carbonyl (C=O) groups is 1. The Kier molecular flexibility index (Phi) is 9.24. The largest absolute Gasteiger partial charge is 0.486 e. The Labute approximate surface area is 237 Å². The van der Waals surface area contributed by atoms with Crippen LogP contribution in [0, 0.1) is 11.7 Å². The van der Waals surface area contributed by atoms with Gasteiger partial charge >= 0.3 is 12.8 Å². The Morgan fingerprint density at radius 3 is 2.38 bits per heavy atom. The standard InChI is InChI=1S/C27H23F6NO4S.CH2O2/c28-20-10-18(11-21(14-20)38-26(29)30)17-7-8-25-24(12-17)34(15-22(37-25)9-16-3-1-4-16)39(35,36)23-6-2-5-19(13-23)27(31,32)33;2-1-3/h2,5-8,10-14,16,22,26H,1,3-4,9,15H2;1H,(H,2,3). The number of carboxylic acid groups (broad SMARTS) is 1. The van der Waals surface area contributed by atoms with E-state index in [1.165, 1.54) is 24.3 Å². The molecule has 3 aromatic carbocycles. The van der Waals surface area contributed by atoms with E-state index >= 15 is 0 Å². The van der Waals surface area contributed by atoms with Crippen LogP contribution in [-0.4, -0.2) is 39.3 Å². The van der Waals surface area contributed by atoms with Crippen LogP contribution in [0.2, 0.25) is 0 Å².